The highest BCUT2D eigenvalue weighted by molar-refractivity contribution is 7.89. The van der Waals surface area contributed by atoms with Crippen LogP contribution in [-0.2, 0) is 19.6 Å². The van der Waals surface area contributed by atoms with Gasteiger partial charge in [-0.3, -0.25) is 9.59 Å². The van der Waals surface area contributed by atoms with Crippen LogP contribution in [0.25, 0.3) is 0 Å². The predicted molar refractivity (Wildman–Crippen MR) is 107 cm³/mol. The Kier molecular flexibility index (Phi) is 7.53. The van der Waals surface area contributed by atoms with Crippen molar-refractivity contribution in [2.45, 2.75) is 25.2 Å². The first kappa shape index (κ1) is 21.4. The molecule has 0 radical (unpaired) electrons. The summed E-state index contributed by atoms with van der Waals surface area (Å²) < 4.78 is 32.6. The number of carbonyl (C=O) groups excluding carboxylic acids is 2. The topological polar surface area (TPSA) is 114 Å². The minimum absolute atomic E-state index is 0.116. The van der Waals surface area contributed by atoms with Gasteiger partial charge in [-0.1, -0.05) is 6.07 Å². The van der Waals surface area contributed by atoms with Crippen molar-refractivity contribution in [1.29, 1.82) is 0 Å². The summed E-state index contributed by atoms with van der Waals surface area (Å²) in [5, 5.41) is 5.24. The number of carbonyl (C=O) groups is 2. The van der Waals surface area contributed by atoms with E-state index in [1.54, 1.807) is 24.3 Å². The molecule has 3 N–H and O–H groups in total. The first-order valence-electron chi connectivity index (χ1n) is 8.64. The van der Waals surface area contributed by atoms with Crippen LogP contribution in [0.1, 0.15) is 20.3 Å². The molecule has 0 spiro atoms. The lowest BCUT2D eigenvalue weighted by Crippen LogP contribution is -2.25. The third kappa shape index (κ3) is 7.01. The molecule has 2 amide bonds. The van der Waals surface area contributed by atoms with Crippen LogP contribution >= 0.6 is 0 Å². The van der Waals surface area contributed by atoms with Crippen LogP contribution in [0.5, 0.6) is 5.75 Å². The zero-order valence-electron chi connectivity index (χ0n) is 15.7. The molecule has 0 unspecified atom stereocenters. The molecule has 0 aliphatic heterocycles. The second-order valence-corrected chi connectivity index (χ2v) is 7.78. The van der Waals surface area contributed by atoms with Gasteiger partial charge in [-0.15, -0.1) is 0 Å². The van der Waals surface area contributed by atoms with Crippen molar-refractivity contribution in [1.82, 2.24) is 4.72 Å². The minimum Gasteiger partial charge on any atom is -0.493 e. The average Bonchev–Trinajstić information content (AvgIpc) is 2.61. The Hall–Kier alpha value is -2.91. The van der Waals surface area contributed by atoms with E-state index in [4.69, 9.17) is 4.74 Å². The van der Waals surface area contributed by atoms with Crippen molar-refractivity contribution < 1.29 is 22.7 Å². The highest BCUT2D eigenvalue weighted by Gasteiger charge is 2.13. The number of nitrogens with one attached hydrogen (secondary N) is 3. The monoisotopic (exact) mass is 405 g/mol. The van der Waals surface area contributed by atoms with Gasteiger partial charge < -0.3 is 15.4 Å². The largest absolute Gasteiger partial charge is 0.493 e. The number of hydrogen-bond acceptors (Lipinski definition) is 5. The molecule has 0 atom stereocenters. The number of benzene rings is 2. The second kappa shape index (κ2) is 9.86. The van der Waals surface area contributed by atoms with Crippen molar-refractivity contribution >= 4 is 33.2 Å². The molecule has 9 heteroatoms. The SMILES string of the molecule is CC(=O)Nc1ccc(S(=O)(=O)NCCCOc2cccc(NC(C)=O)c2)cc1. The fraction of sp³-hybridized carbons (Fsp3) is 0.263. The number of sulfonamides is 1. The van der Waals surface area contributed by atoms with Gasteiger partial charge in [0.1, 0.15) is 5.75 Å². The summed E-state index contributed by atoms with van der Waals surface area (Å²) in [5.74, 6) is 0.190. The molecule has 8 nitrogen and oxygen atoms in total. The lowest BCUT2D eigenvalue weighted by molar-refractivity contribution is -0.115. The van der Waals surface area contributed by atoms with Gasteiger partial charge in [-0.25, -0.2) is 13.1 Å². The molecule has 0 bridgehead atoms. The van der Waals surface area contributed by atoms with Crippen molar-refractivity contribution in [2.24, 2.45) is 0 Å². The van der Waals surface area contributed by atoms with Crippen molar-refractivity contribution in [3.05, 3.63) is 48.5 Å². The van der Waals surface area contributed by atoms with Crippen LogP contribution in [0, 0.1) is 0 Å². The summed E-state index contributed by atoms with van der Waals surface area (Å²) in [6.45, 7) is 3.33. The fourth-order valence-electron chi connectivity index (χ4n) is 2.34. The van der Waals surface area contributed by atoms with Crippen LogP contribution in [0.3, 0.4) is 0 Å². The van der Waals surface area contributed by atoms with Crippen LogP contribution in [0.4, 0.5) is 11.4 Å². The van der Waals surface area contributed by atoms with Crippen LogP contribution in [0.15, 0.2) is 53.4 Å². The Balaban J connectivity index is 1.79. The molecule has 0 saturated carbocycles. The first-order chi connectivity index (χ1) is 13.3. The molecule has 0 aliphatic carbocycles. The molecule has 0 aromatic heterocycles. The van der Waals surface area contributed by atoms with Crippen LogP contribution in [0.2, 0.25) is 0 Å². The smallest absolute Gasteiger partial charge is 0.240 e. The van der Waals surface area contributed by atoms with E-state index in [2.05, 4.69) is 15.4 Å². The van der Waals surface area contributed by atoms with Gasteiger partial charge in [0.15, 0.2) is 0 Å². The summed E-state index contributed by atoms with van der Waals surface area (Å²) in [6.07, 6.45) is 0.466. The van der Waals surface area contributed by atoms with Gasteiger partial charge in [0, 0.05) is 37.8 Å². The van der Waals surface area contributed by atoms with Gasteiger partial charge in [0.25, 0.3) is 0 Å². The number of amides is 2. The highest BCUT2D eigenvalue weighted by atomic mass is 32.2. The maximum atomic E-state index is 12.3. The van der Waals surface area contributed by atoms with Crippen molar-refractivity contribution in [3.63, 3.8) is 0 Å². The molecular weight excluding hydrogens is 382 g/mol. The summed E-state index contributed by atoms with van der Waals surface area (Å²) in [4.78, 5) is 22.2. The fourth-order valence-corrected chi connectivity index (χ4v) is 3.41. The molecule has 0 heterocycles. The molecular formula is C19H23N3O5S. The standard InChI is InChI=1S/C19H23N3O5S/c1-14(23)21-16-7-9-19(10-8-16)28(25,26)20-11-4-12-27-18-6-3-5-17(13-18)22-15(2)24/h3,5-10,13,20H,4,11-12H2,1-2H3,(H,21,23)(H,22,24). The maximum absolute atomic E-state index is 12.3. The third-order valence-electron chi connectivity index (χ3n) is 3.52. The van der Waals surface area contributed by atoms with Crippen LogP contribution < -0.4 is 20.1 Å². The van der Waals surface area contributed by atoms with Gasteiger partial charge in [-0.2, -0.15) is 0 Å². The van der Waals surface area contributed by atoms with Gasteiger partial charge >= 0.3 is 0 Å². The zero-order chi connectivity index (χ0) is 20.6. The first-order valence-corrected chi connectivity index (χ1v) is 10.1. The normalized spacial score (nSPS) is 10.9. The summed E-state index contributed by atoms with van der Waals surface area (Å²) in [5.41, 5.74) is 1.16. The van der Waals surface area contributed by atoms with E-state index in [-0.39, 0.29) is 23.3 Å². The van der Waals surface area contributed by atoms with Crippen LogP contribution in [-0.4, -0.2) is 33.4 Å². The number of rotatable bonds is 9. The molecule has 150 valence electrons. The van der Waals surface area contributed by atoms with E-state index in [1.165, 1.54) is 38.1 Å². The minimum atomic E-state index is -3.64. The van der Waals surface area contributed by atoms with E-state index >= 15 is 0 Å². The average molecular weight is 405 g/mol. The molecule has 0 saturated heterocycles. The Morgan fingerprint density at radius 2 is 1.57 bits per heavy atom. The summed E-state index contributed by atoms with van der Waals surface area (Å²) >= 11 is 0. The number of anilines is 2. The highest BCUT2D eigenvalue weighted by Crippen LogP contribution is 2.17. The Morgan fingerprint density at radius 3 is 2.21 bits per heavy atom. The maximum Gasteiger partial charge on any atom is 0.240 e. The van der Waals surface area contributed by atoms with E-state index in [9.17, 15) is 18.0 Å². The van der Waals surface area contributed by atoms with E-state index in [0.717, 1.165) is 0 Å². The predicted octanol–water partition coefficient (Wildman–Crippen LogP) is 2.35. The third-order valence-corrected chi connectivity index (χ3v) is 5.00. The number of hydrogen-bond donors (Lipinski definition) is 3. The van der Waals surface area contributed by atoms with E-state index in [0.29, 0.717) is 30.2 Å². The van der Waals surface area contributed by atoms with E-state index < -0.39 is 10.0 Å². The molecule has 28 heavy (non-hydrogen) atoms. The van der Waals surface area contributed by atoms with Crippen molar-refractivity contribution in [2.75, 3.05) is 23.8 Å². The van der Waals surface area contributed by atoms with Gasteiger partial charge in [-0.05, 0) is 42.8 Å². The molecule has 2 rings (SSSR count). The molecule has 2 aromatic rings. The Labute approximate surface area is 164 Å². The quantitative estimate of drug-likeness (QED) is 0.554. The molecule has 0 fully saturated rings. The Bertz CT molecular complexity index is 927. The van der Waals surface area contributed by atoms with E-state index in [1.807, 2.05) is 0 Å². The van der Waals surface area contributed by atoms with Gasteiger partial charge in [0.2, 0.25) is 21.8 Å². The lowest BCUT2D eigenvalue weighted by Gasteiger charge is -2.10. The zero-order valence-corrected chi connectivity index (χ0v) is 16.5. The molecule has 0 aliphatic rings. The summed E-state index contributed by atoms with van der Waals surface area (Å²) in [6, 6.07) is 12.9. The van der Waals surface area contributed by atoms with Crippen molar-refractivity contribution in [3.8, 4) is 5.75 Å². The summed E-state index contributed by atoms with van der Waals surface area (Å²) in [7, 11) is -3.64. The second-order valence-electron chi connectivity index (χ2n) is 6.01. The number of ether oxygens (including phenoxy) is 1. The van der Waals surface area contributed by atoms with Gasteiger partial charge in [0.05, 0.1) is 11.5 Å². The Morgan fingerprint density at radius 1 is 0.929 bits per heavy atom. The lowest BCUT2D eigenvalue weighted by atomic mass is 10.3. The molecule has 2 aromatic carbocycles.